The summed E-state index contributed by atoms with van der Waals surface area (Å²) < 4.78 is 5.76. The zero-order valence-electron chi connectivity index (χ0n) is 10.8. The summed E-state index contributed by atoms with van der Waals surface area (Å²) in [7, 11) is 2.13. The fraction of sp³-hybridized carbons (Fsp3) is 0.545. The van der Waals surface area contributed by atoms with Gasteiger partial charge in [0.15, 0.2) is 0 Å². The van der Waals surface area contributed by atoms with Crippen molar-refractivity contribution in [2.24, 2.45) is 0 Å². The number of hydrogen-bond acceptors (Lipinski definition) is 3. The number of aromatic nitrogens is 1. The van der Waals surface area contributed by atoms with Crippen molar-refractivity contribution in [3.8, 4) is 5.88 Å². The van der Waals surface area contributed by atoms with Gasteiger partial charge in [-0.05, 0) is 26.0 Å². The van der Waals surface area contributed by atoms with E-state index in [1.807, 2.05) is 12.1 Å². The average Bonchev–Trinajstić information content (AvgIpc) is 2.22. The Morgan fingerprint density at radius 2 is 2.12 bits per heavy atom. The standard InChI is InChI=1S/C11H15ClN2O.Na.H/c1-14-7-5-9(6-8-14)15-11-4-2-3-10(12)13-11;;/h2-4,9H,5-8H2,1H3;;/q;+1;-1. The molecule has 1 aromatic heterocycles. The quantitative estimate of drug-likeness (QED) is 0.514. The second-order valence-corrected chi connectivity index (χ2v) is 4.31. The molecule has 0 atom stereocenters. The Hall–Kier alpha value is 0.200. The molecule has 16 heavy (non-hydrogen) atoms. The molecule has 0 aliphatic carbocycles. The largest absolute Gasteiger partial charge is 1.00 e. The number of likely N-dealkylation sites (tertiary alicyclic amines) is 1. The molecule has 84 valence electrons. The van der Waals surface area contributed by atoms with Crippen molar-refractivity contribution in [3.05, 3.63) is 23.4 Å². The van der Waals surface area contributed by atoms with Crippen LogP contribution in [0.4, 0.5) is 0 Å². The third-order valence-corrected chi connectivity index (χ3v) is 2.85. The Labute approximate surface area is 125 Å². The Balaban J connectivity index is 0.00000128. The van der Waals surface area contributed by atoms with Gasteiger partial charge in [-0.3, -0.25) is 0 Å². The second kappa shape index (κ2) is 6.82. The van der Waals surface area contributed by atoms with Gasteiger partial charge in [0, 0.05) is 19.2 Å². The van der Waals surface area contributed by atoms with E-state index >= 15 is 0 Å². The Bertz CT molecular complexity index is 335. The van der Waals surface area contributed by atoms with Gasteiger partial charge in [0.2, 0.25) is 5.88 Å². The Morgan fingerprint density at radius 1 is 1.44 bits per heavy atom. The first-order valence-corrected chi connectivity index (χ1v) is 5.59. The molecule has 0 spiro atoms. The molecule has 1 fully saturated rings. The number of pyridine rings is 1. The number of ether oxygens (including phenoxy) is 1. The van der Waals surface area contributed by atoms with E-state index in [2.05, 4.69) is 16.9 Å². The minimum absolute atomic E-state index is 0. The van der Waals surface area contributed by atoms with Gasteiger partial charge < -0.3 is 11.1 Å². The fourth-order valence-electron chi connectivity index (χ4n) is 1.73. The van der Waals surface area contributed by atoms with Gasteiger partial charge in [-0.1, -0.05) is 17.7 Å². The van der Waals surface area contributed by atoms with Crippen molar-refractivity contribution < 1.29 is 35.7 Å². The van der Waals surface area contributed by atoms with E-state index in [-0.39, 0.29) is 37.1 Å². The molecule has 2 heterocycles. The van der Waals surface area contributed by atoms with Crippen LogP contribution in [0.1, 0.15) is 14.3 Å². The van der Waals surface area contributed by atoms with Crippen LogP contribution in [-0.2, 0) is 0 Å². The summed E-state index contributed by atoms with van der Waals surface area (Å²) in [6.45, 7) is 2.18. The van der Waals surface area contributed by atoms with Crippen molar-refractivity contribution in [2.75, 3.05) is 20.1 Å². The first-order valence-electron chi connectivity index (χ1n) is 5.22. The van der Waals surface area contributed by atoms with E-state index < -0.39 is 0 Å². The van der Waals surface area contributed by atoms with Crippen LogP contribution in [-0.4, -0.2) is 36.1 Å². The van der Waals surface area contributed by atoms with Crippen molar-refractivity contribution in [1.29, 1.82) is 0 Å². The van der Waals surface area contributed by atoms with Gasteiger partial charge >= 0.3 is 29.6 Å². The fourth-order valence-corrected chi connectivity index (χ4v) is 1.88. The predicted molar refractivity (Wildman–Crippen MR) is 61.5 cm³/mol. The summed E-state index contributed by atoms with van der Waals surface area (Å²) in [5.41, 5.74) is 0. The van der Waals surface area contributed by atoms with Crippen LogP contribution < -0.4 is 34.3 Å². The molecule has 0 aromatic carbocycles. The molecule has 2 rings (SSSR count). The molecular weight excluding hydrogens is 235 g/mol. The predicted octanol–water partition coefficient (Wildman–Crippen LogP) is -0.675. The molecule has 3 nitrogen and oxygen atoms in total. The van der Waals surface area contributed by atoms with Crippen molar-refractivity contribution in [1.82, 2.24) is 9.88 Å². The molecule has 0 saturated carbocycles. The van der Waals surface area contributed by atoms with Gasteiger partial charge in [0.1, 0.15) is 11.3 Å². The van der Waals surface area contributed by atoms with Gasteiger partial charge in [-0.2, -0.15) is 0 Å². The molecule has 0 amide bonds. The third kappa shape index (κ3) is 4.22. The molecule has 0 N–H and O–H groups in total. The number of rotatable bonds is 2. The molecule has 0 bridgehead atoms. The van der Waals surface area contributed by atoms with E-state index in [1.165, 1.54) is 0 Å². The van der Waals surface area contributed by atoms with Crippen molar-refractivity contribution in [3.63, 3.8) is 0 Å². The summed E-state index contributed by atoms with van der Waals surface area (Å²) in [6.07, 6.45) is 2.40. The normalized spacial score (nSPS) is 17.9. The summed E-state index contributed by atoms with van der Waals surface area (Å²) in [5.74, 6) is 0.636. The van der Waals surface area contributed by atoms with E-state index in [1.54, 1.807) is 6.07 Å². The first kappa shape index (κ1) is 14.3. The van der Waals surface area contributed by atoms with E-state index in [0.29, 0.717) is 11.0 Å². The molecule has 1 aliphatic heterocycles. The summed E-state index contributed by atoms with van der Waals surface area (Å²) in [5, 5.41) is 0.487. The molecule has 5 heteroatoms. The average molecular weight is 251 g/mol. The zero-order valence-corrected chi connectivity index (χ0v) is 12.6. The number of halogens is 1. The van der Waals surface area contributed by atoms with Crippen LogP contribution in [0.3, 0.4) is 0 Å². The van der Waals surface area contributed by atoms with Gasteiger partial charge in [0.05, 0.1) is 0 Å². The van der Waals surface area contributed by atoms with Crippen LogP contribution in [0.5, 0.6) is 5.88 Å². The summed E-state index contributed by atoms with van der Waals surface area (Å²) >= 11 is 5.79. The monoisotopic (exact) mass is 250 g/mol. The maximum absolute atomic E-state index is 5.79. The molecule has 1 aliphatic rings. The van der Waals surface area contributed by atoms with E-state index in [0.717, 1.165) is 25.9 Å². The number of nitrogens with zero attached hydrogens (tertiary/aromatic N) is 2. The molecule has 1 saturated heterocycles. The van der Waals surface area contributed by atoms with Crippen LogP contribution in [0, 0.1) is 0 Å². The molecule has 0 radical (unpaired) electrons. The van der Waals surface area contributed by atoms with Crippen LogP contribution >= 0.6 is 11.6 Å². The number of hydrogen-bond donors (Lipinski definition) is 0. The van der Waals surface area contributed by atoms with E-state index in [9.17, 15) is 0 Å². The Kier molecular flexibility index (Phi) is 6.08. The van der Waals surface area contributed by atoms with E-state index in [4.69, 9.17) is 16.3 Å². The van der Waals surface area contributed by atoms with Crippen LogP contribution in [0.2, 0.25) is 5.15 Å². The summed E-state index contributed by atoms with van der Waals surface area (Å²) in [6, 6.07) is 5.47. The van der Waals surface area contributed by atoms with Crippen molar-refractivity contribution in [2.45, 2.75) is 18.9 Å². The van der Waals surface area contributed by atoms with Crippen LogP contribution in [0.15, 0.2) is 18.2 Å². The van der Waals surface area contributed by atoms with Gasteiger partial charge in [0.25, 0.3) is 0 Å². The smallest absolute Gasteiger partial charge is 1.00 e. The minimum atomic E-state index is 0. The topological polar surface area (TPSA) is 25.4 Å². The summed E-state index contributed by atoms with van der Waals surface area (Å²) in [4.78, 5) is 6.43. The molecule has 1 aromatic rings. The zero-order chi connectivity index (χ0) is 10.7. The van der Waals surface area contributed by atoms with Crippen molar-refractivity contribution >= 4 is 11.6 Å². The third-order valence-electron chi connectivity index (χ3n) is 2.64. The van der Waals surface area contributed by atoms with Gasteiger partial charge in [-0.25, -0.2) is 4.98 Å². The SMILES string of the molecule is CN1CCC(Oc2cccc(Cl)n2)CC1.[H-].[Na+]. The first-order chi connectivity index (χ1) is 7.24. The molecular formula is C11H16ClN2NaO. The van der Waals surface area contributed by atoms with Gasteiger partial charge in [-0.15, -0.1) is 0 Å². The Morgan fingerprint density at radius 3 is 2.75 bits per heavy atom. The van der Waals surface area contributed by atoms with Crippen LogP contribution in [0.25, 0.3) is 0 Å². The minimum Gasteiger partial charge on any atom is -1.00 e. The number of piperidine rings is 1. The second-order valence-electron chi connectivity index (χ2n) is 3.92. The maximum Gasteiger partial charge on any atom is 1.00 e. The maximum atomic E-state index is 5.79. The molecule has 0 unspecified atom stereocenters.